The van der Waals surface area contributed by atoms with Crippen molar-refractivity contribution in [3.63, 3.8) is 0 Å². The molecule has 0 amide bonds. The predicted octanol–water partition coefficient (Wildman–Crippen LogP) is 2.33. The summed E-state index contributed by atoms with van der Waals surface area (Å²) >= 11 is 0. The molecule has 0 aromatic heterocycles. The van der Waals surface area contributed by atoms with Gasteiger partial charge in [0.1, 0.15) is 0 Å². The highest BCUT2D eigenvalue weighted by Gasteiger charge is 2.11. The molecule has 0 bridgehead atoms. The Bertz CT molecular complexity index is 308. The van der Waals surface area contributed by atoms with Gasteiger partial charge in [-0.3, -0.25) is 0 Å². The first-order valence-corrected chi connectivity index (χ1v) is 5.44. The van der Waals surface area contributed by atoms with E-state index < -0.39 is 0 Å². The molecule has 0 aliphatic carbocycles. The van der Waals surface area contributed by atoms with E-state index in [1.165, 1.54) is 37.1 Å². The van der Waals surface area contributed by atoms with Gasteiger partial charge in [-0.2, -0.15) is 0 Å². The zero-order valence-corrected chi connectivity index (χ0v) is 9.43. The fraction of sp³-hybridized carbons (Fsp3) is 0.538. The van der Waals surface area contributed by atoms with Gasteiger partial charge in [-0.15, -0.1) is 0 Å². The topological polar surface area (TPSA) is 3.24 Å². The second kappa shape index (κ2) is 3.74. The lowest BCUT2D eigenvalue weighted by Crippen LogP contribution is -2.20. The van der Waals surface area contributed by atoms with Gasteiger partial charge in [0.15, 0.2) is 0 Å². The van der Waals surface area contributed by atoms with Crippen LogP contribution in [0.1, 0.15) is 22.3 Å². The highest BCUT2D eigenvalue weighted by Crippen LogP contribution is 2.19. The van der Waals surface area contributed by atoms with Crippen molar-refractivity contribution < 1.29 is 0 Å². The largest absolute Gasteiger partial charge is 0.306 e. The van der Waals surface area contributed by atoms with Crippen LogP contribution in [-0.2, 0) is 12.8 Å². The van der Waals surface area contributed by atoms with Crippen LogP contribution < -0.4 is 0 Å². The Balaban J connectivity index is 2.36. The van der Waals surface area contributed by atoms with E-state index in [1.807, 2.05) is 0 Å². The van der Waals surface area contributed by atoms with Crippen molar-refractivity contribution in [2.45, 2.75) is 26.7 Å². The quantitative estimate of drug-likeness (QED) is 0.605. The highest BCUT2D eigenvalue weighted by molar-refractivity contribution is 5.38. The molecule has 1 heterocycles. The van der Waals surface area contributed by atoms with Crippen molar-refractivity contribution in [1.82, 2.24) is 4.90 Å². The Labute approximate surface area is 86.7 Å². The zero-order chi connectivity index (χ0) is 10.1. The Morgan fingerprint density at radius 2 is 1.36 bits per heavy atom. The van der Waals surface area contributed by atoms with Crippen LogP contribution in [0.15, 0.2) is 12.1 Å². The van der Waals surface area contributed by atoms with E-state index in [4.69, 9.17) is 0 Å². The molecule has 2 rings (SSSR count). The average Bonchev–Trinajstić information content (AvgIpc) is 2.31. The molecule has 1 aromatic carbocycles. The molecular weight excluding hydrogens is 170 g/mol. The van der Waals surface area contributed by atoms with E-state index in [1.54, 1.807) is 11.1 Å². The van der Waals surface area contributed by atoms with Crippen LogP contribution in [-0.4, -0.2) is 25.0 Å². The molecule has 1 aliphatic heterocycles. The predicted molar refractivity (Wildman–Crippen MR) is 60.8 cm³/mol. The fourth-order valence-corrected chi connectivity index (χ4v) is 2.14. The van der Waals surface area contributed by atoms with Gasteiger partial charge in [-0.05, 0) is 56.0 Å². The normalized spacial score (nSPS) is 17.6. The third-order valence-electron chi connectivity index (χ3n) is 3.34. The highest BCUT2D eigenvalue weighted by atomic mass is 15.1. The molecule has 0 spiro atoms. The molecule has 76 valence electrons. The molecular formula is C13H19N. The Kier molecular flexibility index (Phi) is 2.60. The molecule has 1 aromatic rings. The van der Waals surface area contributed by atoms with Crippen molar-refractivity contribution >= 4 is 0 Å². The number of fused-ring (bicyclic) bond motifs is 1. The molecule has 0 atom stereocenters. The molecule has 0 fully saturated rings. The Hall–Kier alpha value is -0.820. The van der Waals surface area contributed by atoms with Crippen LogP contribution >= 0.6 is 0 Å². The standard InChI is InChI=1S/C13H19N/c1-10-8-12-4-6-14(3)7-5-13(12)9-11(10)2/h8-9H,4-7H2,1-3H3. The number of likely N-dealkylation sites (N-methyl/N-ethyl adjacent to an activating group) is 1. The summed E-state index contributed by atoms with van der Waals surface area (Å²) in [4.78, 5) is 2.42. The first-order chi connectivity index (χ1) is 6.66. The van der Waals surface area contributed by atoms with Crippen molar-refractivity contribution in [1.29, 1.82) is 0 Å². The SMILES string of the molecule is Cc1cc2c(cc1C)CCN(C)CC2. The summed E-state index contributed by atoms with van der Waals surface area (Å²) in [6.45, 7) is 6.83. The lowest BCUT2D eigenvalue weighted by Gasteiger charge is -2.10. The lowest BCUT2D eigenvalue weighted by atomic mass is 9.97. The number of nitrogens with zero attached hydrogens (tertiary/aromatic N) is 1. The van der Waals surface area contributed by atoms with Crippen molar-refractivity contribution in [3.05, 3.63) is 34.4 Å². The van der Waals surface area contributed by atoms with E-state index in [9.17, 15) is 0 Å². The van der Waals surface area contributed by atoms with Gasteiger partial charge in [0, 0.05) is 13.1 Å². The van der Waals surface area contributed by atoms with Crippen molar-refractivity contribution in [3.8, 4) is 0 Å². The second-order valence-corrected chi connectivity index (χ2v) is 4.51. The van der Waals surface area contributed by atoms with E-state index in [0.717, 1.165) is 0 Å². The minimum atomic E-state index is 1.20. The number of rotatable bonds is 0. The molecule has 14 heavy (non-hydrogen) atoms. The summed E-state index contributed by atoms with van der Waals surface area (Å²) in [6, 6.07) is 4.76. The second-order valence-electron chi connectivity index (χ2n) is 4.51. The first-order valence-electron chi connectivity index (χ1n) is 5.44. The molecule has 0 radical (unpaired) electrons. The number of aryl methyl sites for hydroxylation is 2. The number of benzene rings is 1. The zero-order valence-electron chi connectivity index (χ0n) is 9.43. The van der Waals surface area contributed by atoms with Crippen LogP contribution in [0.2, 0.25) is 0 Å². The van der Waals surface area contributed by atoms with Gasteiger partial charge in [0.25, 0.3) is 0 Å². The Morgan fingerprint density at radius 1 is 0.929 bits per heavy atom. The molecule has 1 aliphatic rings. The van der Waals surface area contributed by atoms with E-state index in [-0.39, 0.29) is 0 Å². The minimum Gasteiger partial charge on any atom is -0.306 e. The fourth-order valence-electron chi connectivity index (χ4n) is 2.14. The summed E-state index contributed by atoms with van der Waals surface area (Å²) in [6.07, 6.45) is 2.43. The average molecular weight is 189 g/mol. The molecule has 0 saturated heterocycles. The molecule has 0 unspecified atom stereocenters. The van der Waals surface area contributed by atoms with Crippen LogP contribution in [0.5, 0.6) is 0 Å². The van der Waals surface area contributed by atoms with Crippen molar-refractivity contribution in [2.75, 3.05) is 20.1 Å². The van der Waals surface area contributed by atoms with E-state index in [0.29, 0.717) is 0 Å². The van der Waals surface area contributed by atoms with Crippen LogP contribution in [0.4, 0.5) is 0 Å². The lowest BCUT2D eigenvalue weighted by molar-refractivity contribution is 0.352. The van der Waals surface area contributed by atoms with Gasteiger partial charge in [-0.1, -0.05) is 12.1 Å². The van der Waals surface area contributed by atoms with Gasteiger partial charge in [-0.25, -0.2) is 0 Å². The molecule has 0 N–H and O–H groups in total. The summed E-state index contributed by atoms with van der Waals surface area (Å²) < 4.78 is 0. The summed E-state index contributed by atoms with van der Waals surface area (Å²) in [5.74, 6) is 0. The first kappa shape index (κ1) is 9.72. The third kappa shape index (κ3) is 1.83. The van der Waals surface area contributed by atoms with Gasteiger partial charge >= 0.3 is 0 Å². The monoisotopic (exact) mass is 189 g/mol. The summed E-state index contributed by atoms with van der Waals surface area (Å²) in [5, 5.41) is 0. The maximum Gasteiger partial charge on any atom is 0.00190 e. The Morgan fingerprint density at radius 3 is 1.79 bits per heavy atom. The van der Waals surface area contributed by atoms with Crippen LogP contribution in [0.3, 0.4) is 0 Å². The van der Waals surface area contributed by atoms with E-state index >= 15 is 0 Å². The van der Waals surface area contributed by atoms with Gasteiger partial charge < -0.3 is 4.90 Å². The maximum absolute atomic E-state index is 2.42. The molecule has 0 saturated carbocycles. The van der Waals surface area contributed by atoms with Crippen LogP contribution in [0, 0.1) is 13.8 Å². The molecule has 1 nitrogen and oxygen atoms in total. The third-order valence-corrected chi connectivity index (χ3v) is 3.34. The minimum absolute atomic E-state index is 1.20. The van der Waals surface area contributed by atoms with Gasteiger partial charge in [0.2, 0.25) is 0 Å². The van der Waals surface area contributed by atoms with E-state index in [2.05, 4.69) is 37.9 Å². The van der Waals surface area contributed by atoms with Crippen LogP contribution in [0.25, 0.3) is 0 Å². The summed E-state index contributed by atoms with van der Waals surface area (Å²) in [7, 11) is 2.21. The van der Waals surface area contributed by atoms with Crippen molar-refractivity contribution in [2.24, 2.45) is 0 Å². The molecule has 1 heteroatoms. The maximum atomic E-state index is 2.42. The van der Waals surface area contributed by atoms with Gasteiger partial charge in [0.05, 0.1) is 0 Å². The smallest absolute Gasteiger partial charge is 0.00190 e. The number of hydrogen-bond donors (Lipinski definition) is 0. The summed E-state index contributed by atoms with van der Waals surface area (Å²) in [5.41, 5.74) is 6.01. The number of hydrogen-bond acceptors (Lipinski definition) is 1.